The van der Waals surface area contributed by atoms with Crippen LogP contribution in [-0.2, 0) is 19.1 Å². The number of hydrogen-bond donors (Lipinski definition) is 2. The van der Waals surface area contributed by atoms with Gasteiger partial charge in [0.05, 0.1) is 0 Å². The van der Waals surface area contributed by atoms with Crippen LogP contribution in [0, 0.1) is 11.8 Å². The van der Waals surface area contributed by atoms with Crippen LogP contribution in [0.5, 0.6) is 0 Å². The van der Waals surface area contributed by atoms with E-state index in [0.717, 1.165) is 0 Å². The van der Waals surface area contributed by atoms with Crippen LogP contribution in [0.2, 0.25) is 0 Å². The number of carbonyl (C=O) groups excluding carboxylic acids is 3. The van der Waals surface area contributed by atoms with Gasteiger partial charge in [0.2, 0.25) is 5.91 Å². The largest absolute Gasteiger partial charge is 0.510 e. The first-order valence-electron chi connectivity index (χ1n) is 9.35. The Morgan fingerprint density at radius 2 is 2.00 bits per heavy atom. The molecule has 2 N–H and O–H groups in total. The number of aliphatic hydroxyl groups excluding tert-OH is 1. The standard InChI is InChI=1S/C19H27F3N2O5/c1-4-6-13-8-15(17(27)29-18(28)19(20,21)22)24(10-13)11-14(7-5-2)16(26)9-23-12(3)25/h4,6,9,13-15,26H,5,7-8,10-11H2,1-3H3,(H,23,25)/t13?,14-,15?/m1/s1. The second-order valence-corrected chi connectivity index (χ2v) is 6.95. The van der Waals surface area contributed by atoms with Gasteiger partial charge in [-0.1, -0.05) is 25.5 Å². The highest BCUT2D eigenvalue weighted by atomic mass is 19.4. The lowest BCUT2D eigenvalue weighted by Crippen LogP contribution is -2.42. The lowest BCUT2D eigenvalue weighted by atomic mass is 10.0. The Kier molecular flexibility index (Phi) is 9.35. The molecule has 1 rings (SSSR count). The molecule has 10 heteroatoms. The minimum absolute atomic E-state index is 0.102. The Bertz CT molecular complexity index is 661. The highest BCUT2D eigenvalue weighted by Crippen LogP contribution is 2.29. The first-order chi connectivity index (χ1) is 13.5. The number of ether oxygens (including phenoxy) is 1. The average Bonchev–Trinajstić information content (AvgIpc) is 3.01. The van der Waals surface area contributed by atoms with Crippen LogP contribution in [0.1, 0.15) is 40.0 Å². The van der Waals surface area contributed by atoms with Gasteiger partial charge in [-0.2, -0.15) is 13.2 Å². The highest BCUT2D eigenvalue weighted by Gasteiger charge is 2.45. The van der Waals surface area contributed by atoms with E-state index in [9.17, 15) is 32.7 Å². The van der Waals surface area contributed by atoms with Crippen molar-refractivity contribution in [1.29, 1.82) is 0 Å². The van der Waals surface area contributed by atoms with Crippen LogP contribution in [0.25, 0.3) is 0 Å². The van der Waals surface area contributed by atoms with Crippen LogP contribution >= 0.6 is 0 Å². The Balaban J connectivity index is 2.99. The van der Waals surface area contributed by atoms with E-state index < -0.39 is 30.1 Å². The van der Waals surface area contributed by atoms with Crippen molar-refractivity contribution < 1.29 is 37.4 Å². The van der Waals surface area contributed by atoms with Gasteiger partial charge in [0.15, 0.2) is 0 Å². The molecule has 1 fully saturated rings. The Labute approximate surface area is 167 Å². The molecule has 1 heterocycles. The first-order valence-corrected chi connectivity index (χ1v) is 9.35. The van der Waals surface area contributed by atoms with Crippen molar-refractivity contribution in [3.63, 3.8) is 0 Å². The number of amides is 1. The van der Waals surface area contributed by atoms with Crippen LogP contribution in [0.15, 0.2) is 24.1 Å². The lowest BCUT2D eigenvalue weighted by Gasteiger charge is -2.27. The van der Waals surface area contributed by atoms with Gasteiger partial charge < -0.3 is 15.2 Å². The number of carbonyl (C=O) groups is 3. The zero-order valence-corrected chi connectivity index (χ0v) is 16.7. The summed E-state index contributed by atoms with van der Waals surface area (Å²) in [5.74, 6) is -4.84. The number of nitrogens with zero attached hydrogens (tertiary/aromatic N) is 1. The molecule has 0 radical (unpaired) electrons. The predicted molar refractivity (Wildman–Crippen MR) is 98.4 cm³/mol. The van der Waals surface area contributed by atoms with E-state index in [2.05, 4.69) is 10.1 Å². The maximum absolute atomic E-state index is 12.4. The molecule has 164 valence electrons. The number of esters is 2. The highest BCUT2D eigenvalue weighted by molar-refractivity contribution is 5.91. The number of likely N-dealkylation sites (tertiary alicyclic amines) is 1. The predicted octanol–water partition coefficient (Wildman–Crippen LogP) is 2.84. The maximum atomic E-state index is 12.4. The van der Waals surface area contributed by atoms with E-state index in [1.807, 2.05) is 13.0 Å². The van der Waals surface area contributed by atoms with E-state index >= 15 is 0 Å². The van der Waals surface area contributed by atoms with Crippen LogP contribution in [0.4, 0.5) is 13.2 Å². The van der Waals surface area contributed by atoms with Crippen molar-refractivity contribution >= 4 is 17.8 Å². The van der Waals surface area contributed by atoms with Gasteiger partial charge in [-0.3, -0.25) is 9.69 Å². The summed E-state index contributed by atoms with van der Waals surface area (Å²) in [6.07, 6.45) is 0.924. The molecule has 0 aliphatic carbocycles. The average molecular weight is 420 g/mol. The molecule has 1 aliphatic heterocycles. The number of aliphatic hydroxyl groups is 1. The molecular formula is C19H27F3N2O5. The summed E-state index contributed by atoms with van der Waals surface area (Å²) in [5.41, 5.74) is 0. The molecule has 0 aromatic heterocycles. The van der Waals surface area contributed by atoms with E-state index in [4.69, 9.17) is 0 Å². The molecular weight excluding hydrogens is 393 g/mol. The topological polar surface area (TPSA) is 95.9 Å². The fraction of sp³-hybridized carbons (Fsp3) is 0.632. The molecule has 0 spiro atoms. The van der Waals surface area contributed by atoms with Crippen molar-refractivity contribution in [3.8, 4) is 0 Å². The van der Waals surface area contributed by atoms with Gasteiger partial charge in [-0.05, 0) is 25.7 Å². The summed E-state index contributed by atoms with van der Waals surface area (Å²) >= 11 is 0. The summed E-state index contributed by atoms with van der Waals surface area (Å²) in [7, 11) is 0. The van der Waals surface area contributed by atoms with Crippen molar-refractivity contribution in [2.45, 2.75) is 52.3 Å². The lowest BCUT2D eigenvalue weighted by molar-refractivity contribution is -0.203. The minimum Gasteiger partial charge on any atom is -0.510 e. The molecule has 0 saturated carbocycles. The molecule has 2 unspecified atom stereocenters. The van der Waals surface area contributed by atoms with Gasteiger partial charge in [-0.15, -0.1) is 0 Å². The fourth-order valence-corrected chi connectivity index (χ4v) is 3.27. The normalized spacial score (nSPS) is 21.9. The zero-order chi connectivity index (χ0) is 22.2. The quantitative estimate of drug-likeness (QED) is 0.271. The smallest absolute Gasteiger partial charge is 0.491 e. The van der Waals surface area contributed by atoms with Crippen molar-refractivity contribution in [3.05, 3.63) is 24.1 Å². The van der Waals surface area contributed by atoms with Crippen LogP contribution in [-0.4, -0.2) is 53.2 Å². The molecule has 3 atom stereocenters. The van der Waals surface area contributed by atoms with Crippen molar-refractivity contribution in [2.24, 2.45) is 11.8 Å². The number of allylic oxidation sites excluding steroid dienone is 1. The van der Waals surface area contributed by atoms with Crippen molar-refractivity contribution in [1.82, 2.24) is 10.2 Å². The fourth-order valence-electron chi connectivity index (χ4n) is 3.27. The second kappa shape index (κ2) is 11.0. The third-order valence-electron chi connectivity index (χ3n) is 4.53. The van der Waals surface area contributed by atoms with Crippen LogP contribution < -0.4 is 5.32 Å². The van der Waals surface area contributed by atoms with E-state index in [1.165, 1.54) is 13.1 Å². The van der Waals surface area contributed by atoms with E-state index in [1.54, 1.807) is 17.9 Å². The van der Waals surface area contributed by atoms with E-state index in [0.29, 0.717) is 19.4 Å². The summed E-state index contributed by atoms with van der Waals surface area (Å²) in [5, 5.41) is 12.7. The summed E-state index contributed by atoms with van der Waals surface area (Å²) < 4.78 is 41.3. The Morgan fingerprint density at radius 3 is 2.52 bits per heavy atom. The Morgan fingerprint density at radius 1 is 1.34 bits per heavy atom. The van der Waals surface area contributed by atoms with Gasteiger partial charge >= 0.3 is 18.1 Å². The molecule has 1 aliphatic rings. The first kappa shape index (κ1) is 24.7. The van der Waals surface area contributed by atoms with Crippen LogP contribution in [0.3, 0.4) is 0 Å². The third kappa shape index (κ3) is 7.88. The number of hydrogen-bond acceptors (Lipinski definition) is 6. The maximum Gasteiger partial charge on any atom is 0.491 e. The minimum atomic E-state index is -5.26. The molecule has 7 nitrogen and oxygen atoms in total. The van der Waals surface area contributed by atoms with Gasteiger partial charge in [0, 0.05) is 32.1 Å². The van der Waals surface area contributed by atoms with E-state index in [-0.39, 0.29) is 30.5 Å². The zero-order valence-electron chi connectivity index (χ0n) is 16.7. The van der Waals surface area contributed by atoms with Crippen molar-refractivity contribution in [2.75, 3.05) is 13.1 Å². The SMILES string of the molecule is CC=CC1CC(C(=O)OC(=O)C(F)(F)F)N(C[C@@H](CCC)C(O)=CNC(C)=O)C1. The summed E-state index contributed by atoms with van der Waals surface area (Å²) in [6, 6.07) is -1.05. The van der Waals surface area contributed by atoms with Gasteiger partial charge in [-0.25, -0.2) is 9.59 Å². The number of halogens is 3. The summed E-state index contributed by atoms with van der Waals surface area (Å²) in [4.78, 5) is 35.9. The molecule has 0 aromatic carbocycles. The summed E-state index contributed by atoms with van der Waals surface area (Å²) in [6.45, 7) is 5.47. The molecule has 1 saturated heterocycles. The Hall–Kier alpha value is -2.36. The molecule has 0 bridgehead atoms. The third-order valence-corrected chi connectivity index (χ3v) is 4.53. The number of nitrogens with one attached hydrogen (secondary N) is 1. The van der Waals surface area contributed by atoms with Gasteiger partial charge in [0.25, 0.3) is 0 Å². The molecule has 29 heavy (non-hydrogen) atoms. The molecule has 1 amide bonds. The number of alkyl halides is 3. The van der Waals surface area contributed by atoms with Gasteiger partial charge in [0.1, 0.15) is 11.8 Å². The number of rotatable bonds is 8. The monoisotopic (exact) mass is 420 g/mol. The second-order valence-electron chi connectivity index (χ2n) is 6.95. The molecule has 0 aromatic rings.